The second-order valence-corrected chi connectivity index (χ2v) is 4.53. The molecule has 3 atom stereocenters. The minimum absolute atomic E-state index is 0.103. The van der Waals surface area contributed by atoms with E-state index in [1.54, 1.807) is 18.7 Å². The first-order valence-corrected chi connectivity index (χ1v) is 6.65. The molecule has 1 saturated heterocycles. The van der Waals surface area contributed by atoms with Crippen LogP contribution in [-0.2, 0) is 14.3 Å². The van der Waals surface area contributed by atoms with Crippen LogP contribution in [0.15, 0.2) is 24.3 Å². The molecular weight excluding hydrogens is 246 g/mol. The molecule has 0 aliphatic carbocycles. The molecule has 0 saturated carbocycles. The molecule has 2 heterocycles. The predicted molar refractivity (Wildman–Crippen MR) is 69.5 cm³/mol. The van der Waals surface area contributed by atoms with E-state index >= 15 is 0 Å². The topological polar surface area (TPSA) is 55.8 Å². The summed E-state index contributed by atoms with van der Waals surface area (Å²) in [6.45, 7) is 4.23. The maximum Gasteiger partial charge on any atom is 0.410 e. The molecule has 0 aromatic heterocycles. The van der Waals surface area contributed by atoms with Crippen LogP contribution in [0.2, 0.25) is 0 Å². The Balaban J connectivity index is 2.20. The lowest BCUT2D eigenvalue weighted by Crippen LogP contribution is -2.42. The molecule has 19 heavy (non-hydrogen) atoms. The van der Waals surface area contributed by atoms with E-state index in [2.05, 4.69) is 0 Å². The number of hydrogen-bond acceptors (Lipinski definition) is 4. The molecule has 2 aliphatic rings. The Hall–Kier alpha value is -1.78. The highest BCUT2D eigenvalue weighted by Crippen LogP contribution is 2.34. The van der Waals surface area contributed by atoms with E-state index in [0.29, 0.717) is 19.6 Å². The fraction of sp³-hybridized carbons (Fsp3) is 0.571. The summed E-state index contributed by atoms with van der Waals surface area (Å²) >= 11 is 0. The molecule has 0 aromatic rings. The number of rotatable bonds is 3. The minimum atomic E-state index is -0.375. The zero-order chi connectivity index (χ0) is 13.8. The van der Waals surface area contributed by atoms with E-state index < -0.39 is 0 Å². The van der Waals surface area contributed by atoms with Gasteiger partial charge in [-0.3, -0.25) is 9.69 Å². The Morgan fingerprint density at radius 2 is 1.84 bits per heavy atom. The third-order valence-electron chi connectivity index (χ3n) is 3.41. The van der Waals surface area contributed by atoms with Gasteiger partial charge in [0.2, 0.25) is 0 Å². The lowest BCUT2D eigenvalue weighted by molar-refractivity contribution is -0.148. The van der Waals surface area contributed by atoms with Gasteiger partial charge < -0.3 is 9.47 Å². The fourth-order valence-electron chi connectivity index (χ4n) is 2.64. The lowest BCUT2D eigenvalue weighted by atomic mass is 9.97. The number of ether oxygens (including phenoxy) is 2. The predicted octanol–water partition coefficient (Wildman–Crippen LogP) is 1.89. The van der Waals surface area contributed by atoms with Crippen molar-refractivity contribution >= 4 is 12.1 Å². The average molecular weight is 265 g/mol. The molecule has 104 valence electrons. The Morgan fingerprint density at radius 3 is 2.53 bits per heavy atom. The number of amides is 1. The van der Waals surface area contributed by atoms with Crippen molar-refractivity contribution in [3.05, 3.63) is 24.3 Å². The molecule has 5 nitrogen and oxygen atoms in total. The molecule has 0 radical (unpaired) electrons. The van der Waals surface area contributed by atoms with E-state index in [4.69, 9.17) is 9.47 Å². The third kappa shape index (κ3) is 2.64. The normalized spacial score (nSPS) is 28.1. The number of hydrogen-bond donors (Lipinski definition) is 0. The zero-order valence-corrected chi connectivity index (χ0v) is 11.2. The van der Waals surface area contributed by atoms with Crippen LogP contribution in [0.25, 0.3) is 0 Å². The second kappa shape index (κ2) is 5.91. The van der Waals surface area contributed by atoms with Crippen molar-refractivity contribution in [2.45, 2.75) is 32.4 Å². The van der Waals surface area contributed by atoms with Crippen LogP contribution in [0.5, 0.6) is 0 Å². The van der Waals surface area contributed by atoms with Gasteiger partial charge in [0.1, 0.15) is 0 Å². The Kier molecular flexibility index (Phi) is 4.24. The van der Waals surface area contributed by atoms with E-state index in [-0.39, 0.29) is 30.1 Å². The maximum atomic E-state index is 12.0. The summed E-state index contributed by atoms with van der Waals surface area (Å²) in [7, 11) is 0. The highest BCUT2D eigenvalue weighted by atomic mass is 16.6. The quantitative estimate of drug-likeness (QED) is 0.731. The molecule has 1 fully saturated rings. The van der Waals surface area contributed by atoms with Crippen LogP contribution >= 0.6 is 0 Å². The van der Waals surface area contributed by atoms with Crippen molar-refractivity contribution in [1.29, 1.82) is 0 Å². The maximum absolute atomic E-state index is 12.0. The van der Waals surface area contributed by atoms with E-state index in [1.807, 2.05) is 24.3 Å². The molecule has 0 unspecified atom stereocenters. The van der Waals surface area contributed by atoms with Gasteiger partial charge in [0.25, 0.3) is 0 Å². The van der Waals surface area contributed by atoms with Gasteiger partial charge in [-0.25, -0.2) is 4.79 Å². The molecule has 5 heteroatoms. The number of allylic oxidation sites excluding steroid dienone is 2. The van der Waals surface area contributed by atoms with Gasteiger partial charge in [0, 0.05) is 0 Å². The first-order chi connectivity index (χ1) is 9.19. The van der Waals surface area contributed by atoms with Crippen molar-refractivity contribution < 1.29 is 19.1 Å². The highest BCUT2D eigenvalue weighted by Gasteiger charge is 2.46. The van der Waals surface area contributed by atoms with E-state index in [1.165, 1.54) is 0 Å². The van der Waals surface area contributed by atoms with Crippen molar-refractivity contribution in [1.82, 2.24) is 4.90 Å². The minimum Gasteiger partial charge on any atom is -0.466 e. The average Bonchev–Trinajstić information content (AvgIpc) is 2.58. The zero-order valence-electron chi connectivity index (χ0n) is 11.2. The molecule has 2 bridgehead atoms. The van der Waals surface area contributed by atoms with Crippen LogP contribution in [0.3, 0.4) is 0 Å². The standard InChI is InChI=1S/C14H19NO4/c1-3-18-13(16)11-9-10-7-5-6-8-12(11)15(10)14(17)19-4-2/h5-8,10-12H,3-4,9H2,1-2H3/t10-,11-,12-/m0/s1. The first-order valence-electron chi connectivity index (χ1n) is 6.65. The molecule has 2 rings (SSSR count). The molecule has 0 aromatic carbocycles. The summed E-state index contributed by atoms with van der Waals surface area (Å²) in [4.78, 5) is 25.6. The molecule has 1 amide bonds. The molecule has 0 spiro atoms. The summed E-state index contributed by atoms with van der Waals surface area (Å²) in [6.07, 6.45) is 7.76. The van der Waals surface area contributed by atoms with Gasteiger partial charge in [0.05, 0.1) is 31.2 Å². The van der Waals surface area contributed by atoms with Crippen molar-refractivity contribution in [2.24, 2.45) is 5.92 Å². The number of esters is 1. The van der Waals surface area contributed by atoms with Gasteiger partial charge >= 0.3 is 12.1 Å². The Labute approximate surface area is 112 Å². The van der Waals surface area contributed by atoms with Crippen LogP contribution in [0.1, 0.15) is 20.3 Å². The highest BCUT2D eigenvalue weighted by molar-refractivity contribution is 5.78. The van der Waals surface area contributed by atoms with Crippen molar-refractivity contribution in [3.8, 4) is 0 Å². The van der Waals surface area contributed by atoms with Gasteiger partial charge in [-0.15, -0.1) is 0 Å². The summed E-state index contributed by atoms with van der Waals surface area (Å²) in [5.41, 5.74) is 0. The SMILES string of the molecule is CCOC(=O)[C@H]1C[C@@H]2C=CC=C[C@@H]1N2C(=O)OCC. The van der Waals surface area contributed by atoms with Gasteiger partial charge in [0.15, 0.2) is 0 Å². The van der Waals surface area contributed by atoms with E-state index in [0.717, 1.165) is 0 Å². The summed E-state index contributed by atoms with van der Waals surface area (Å²) < 4.78 is 10.2. The van der Waals surface area contributed by atoms with Gasteiger partial charge in [-0.2, -0.15) is 0 Å². The summed E-state index contributed by atoms with van der Waals surface area (Å²) in [5.74, 6) is -0.556. The number of carbonyl (C=O) groups excluding carboxylic acids is 2. The Morgan fingerprint density at radius 1 is 1.16 bits per heavy atom. The van der Waals surface area contributed by atoms with Crippen LogP contribution in [0.4, 0.5) is 4.79 Å². The molecule has 2 aliphatic heterocycles. The largest absolute Gasteiger partial charge is 0.466 e. The van der Waals surface area contributed by atoms with Crippen molar-refractivity contribution in [3.63, 3.8) is 0 Å². The Bertz CT molecular complexity index is 416. The van der Waals surface area contributed by atoms with Gasteiger partial charge in [-0.05, 0) is 20.3 Å². The monoisotopic (exact) mass is 265 g/mol. The van der Waals surface area contributed by atoms with E-state index in [9.17, 15) is 9.59 Å². The summed E-state index contributed by atoms with van der Waals surface area (Å²) in [6, 6.07) is -0.383. The van der Waals surface area contributed by atoms with Crippen LogP contribution in [0, 0.1) is 5.92 Å². The third-order valence-corrected chi connectivity index (χ3v) is 3.41. The van der Waals surface area contributed by atoms with Gasteiger partial charge in [-0.1, -0.05) is 24.3 Å². The molecular formula is C14H19NO4. The number of carbonyl (C=O) groups is 2. The second-order valence-electron chi connectivity index (χ2n) is 4.53. The fourth-order valence-corrected chi connectivity index (χ4v) is 2.64. The number of nitrogens with zero attached hydrogens (tertiary/aromatic N) is 1. The lowest BCUT2D eigenvalue weighted by Gasteiger charge is -2.26. The smallest absolute Gasteiger partial charge is 0.410 e. The number of fused-ring (bicyclic) bond motifs is 2. The van der Waals surface area contributed by atoms with Crippen LogP contribution < -0.4 is 0 Å². The van der Waals surface area contributed by atoms with Crippen LogP contribution in [-0.4, -0.2) is 42.3 Å². The molecule has 0 N–H and O–H groups in total. The summed E-state index contributed by atoms with van der Waals surface area (Å²) in [5, 5.41) is 0. The first kappa shape index (κ1) is 13.6. The van der Waals surface area contributed by atoms with Crippen molar-refractivity contribution in [2.75, 3.05) is 13.2 Å².